The molecule has 0 radical (unpaired) electrons. The number of aromatic nitrogens is 2. The van der Waals surface area contributed by atoms with Crippen LogP contribution in [0.2, 0.25) is 0 Å². The van der Waals surface area contributed by atoms with Gasteiger partial charge >= 0.3 is 0 Å². The monoisotopic (exact) mass is 383 g/mol. The topological polar surface area (TPSA) is 60.7 Å². The van der Waals surface area contributed by atoms with Crippen molar-refractivity contribution in [2.45, 2.75) is 26.6 Å². The van der Waals surface area contributed by atoms with Crippen molar-refractivity contribution in [3.8, 4) is 0 Å². The van der Waals surface area contributed by atoms with Gasteiger partial charge in [0, 0.05) is 52.5 Å². The lowest BCUT2D eigenvalue weighted by Gasteiger charge is -2.32. The standard InChI is InChI=1S/C21H33N7/c1-4-22-21(24-16-20-9-10-25-27(20)3)23-15-18-5-7-19(8-6-18)17-28-13-11-26(2)12-14-28/h5-10H,4,11-17H2,1-3H3,(H2,22,23,24). The van der Waals surface area contributed by atoms with E-state index in [1.807, 2.05) is 24.0 Å². The molecule has 28 heavy (non-hydrogen) atoms. The van der Waals surface area contributed by atoms with E-state index in [1.54, 1.807) is 0 Å². The van der Waals surface area contributed by atoms with Crippen molar-refractivity contribution in [1.29, 1.82) is 0 Å². The Morgan fingerprint density at radius 1 is 1.00 bits per heavy atom. The number of hydrogen-bond donors (Lipinski definition) is 2. The maximum absolute atomic E-state index is 4.72. The predicted molar refractivity (Wildman–Crippen MR) is 114 cm³/mol. The number of nitrogens with zero attached hydrogens (tertiary/aromatic N) is 5. The predicted octanol–water partition coefficient (Wildman–Crippen LogP) is 1.42. The molecule has 0 amide bonds. The molecule has 0 saturated carbocycles. The van der Waals surface area contributed by atoms with Crippen LogP contribution in [0, 0.1) is 0 Å². The highest BCUT2D eigenvalue weighted by atomic mass is 15.3. The van der Waals surface area contributed by atoms with Gasteiger partial charge in [-0.05, 0) is 31.2 Å². The molecular formula is C21H33N7. The van der Waals surface area contributed by atoms with Crippen LogP contribution in [0.4, 0.5) is 0 Å². The first-order valence-electron chi connectivity index (χ1n) is 10.1. The summed E-state index contributed by atoms with van der Waals surface area (Å²) in [4.78, 5) is 9.63. The largest absolute Gasteiger partial charge is 0.357 e. The zero-order valence-electron chi connectivity index (χ0n) is 17.4. The molecule has 1 fully saturated rings. The van der Waals surface area contributed by atoms with Crippen molar-refractivity contribution in [2.24, 2.45) is 12.0 Å². The molecule has 7 nitrogen and oxygen atoms in total. The molecule has 3 rings (SSSR count). The van der Waals surface area contributed by atoms with E-state index < -0.39 is 0 Å². The van der Waals surface area contributed by atoms with Crippen LogP contribution < -0.4 is 10.6 Å². The maximum Gasteiger partial charge on any atom is 0.191 e. The van der Waals surface area contributed by atoms with Crippen LogP contribution in [-0.2, 0) is 26.7 Å². The van der Waals surface area contributed by atoms with Gasteiger partial charge in [-0.25, -0.2) is 4.99 Å². The Bertz CT molecular complexity index is 742. The van der Waals surface area contributed by atoms with Gasteiger partial charge in [0.1, 0.15) is 0 Å². The first kappa shape index (κ1) is 20.4. The van der Waals surface area contributed by atoms with Crippen LogP contribution in [0.1, 0.15) is 23.7 Å². The average molecular weight is 384 g/mol. The third-order valence-electron chi connectivity index (χ3n) is 5.15. The second-order valence-electron chi connectivity index (χ2n) is 7.39. The Hall–Kier alpha value is -2.38. The summed E-state index contributed by atoms with van der Waals surface area (Å²) in [5, 5.41) is 10.9. The SMILES string of the molecule is CCNC(=NCc1ccc(CN2CCN(C)CC2)cc1)NCc1ccnn1C. The molecule has 7 heteroatoms. The van der Waals surface area contributed by atoms with Gasteiger partial charge in [-0.2, -0.15) is 5.10 Å². The van der Waals surface area contributed by atoms with E-state index >= 15 is 0 Å². The molecule has 1 aromatic heterocycles. The third kappa shape index (κ3) is 6.07. The van der Waals surface area contributed by atoms with Crippen LogP contribution in [0.25, 0.3) is 0 Å². The van der Waals surface area contributed by atoms with Crippen molar-refractivity contribution in [3.63, 3.8) is 0 Å². The highest BCUT2D eigenvalue weighted by molar-refractivity contribution is 5.79. The first-order chi connectivity index (χ1) is 13.6. The van der Waals surface area contributed by atoms with Crippen molar-refractivity contribution >= 4 is 5.96 Å². The summed E-state index contributed by atoms with van der Waals surface area (Å²) >= 11 is 0. The molecule has 1 aromatic carbocycles. The van der Waals surface area contributed by atoms with E-state index in [9.17, 15) is 0 Å². The lowest BCUT2D eigenvalue weighted by Crippen LogP contribution is -2.43. The summed E-state index contributed by atoms with van der Waals surface area (Å²) in [7, 11) is 4.14. The van der Waals surface area contributed by atoms with Gasteiger partial charge < -0.3 is 15.5 Å². The zero-order chi connectivity index (χ0) is 19.8. The van der Waals surface area contributed by atoms with Crippen LogP contribution in [0.15, 0.2) is 41.5 Å². The number of likely N-dealkylation sites (N-methyl/N-ethyl adjacent to an activating group) is 1. The Kier molecular flexibility index (Phi) is 7.45. The summed E-state index contributed by atoms with van der Waals surface area (Å²) < 4.78 is 1.87. The fraction of sp³-hybridized carbons (Fsp3) is 0.524. The van der Waals surface area contributed by atoms with Crippen LogP contribution in [-0.4, -0.2) is 65.3 Å². The average Bonchev–Trinajstić information content (AvgIpc) is 3.12. The fourth-order valence-corrected chi connectivity index (χ4v) is 3.28. The Morgan fingerprint density at radius 2 is 1.71 bits per heavy atom. The molecule has 0 bridgehead atoms. The van der Waals surface area contributed by atoms with E-state index in [0.717, 1.165) is 50.9 Å². The van der Waals surface area contributed by atoms with Gasteiger partial charge in [0.25, 0.3) is 0 Å². The molecule has 0 atom stereocenters. The highest BCUT2D eigenvalue weighted by Crippen LogP contribution is 2.10. The lowest BCUT2D eigenvalue weighted by atomic mass is 10.1. The molecule has 1 aliphatic rings. The van der Waals surface area contributed by atoms with E-state index in [2.05, 4.69) is 63.8 Å². The Morgan fingerprint density at radius 3 is 2.36 bits per heavy atom. The maximum atomic E-state index is 4.72. The summed E-state index contributed by atoms with van der Waals surface area (Å²) in [5.41, 5.74) is 3.72. The van der Waals surface area contributed by atoms with Crippen molar-refractivity contribution in [2.75, 3.05) is 39.8 Å². The van der Waals surface area contributed by atoms with Gasteiger partial charge in [0.15, 0.2) is 5.96 Å². The molecule has 2 aromatic rings. The summed E-state index contributed by atoms with van der Waals surface area (Å²) in [6.07, 6.45) is 1.81. The third-order valence-corrected chi connectivity index (χ3v) is 5.15. The molecular weight excluding hydrogens is 350 g/mol. The molecule has 0 aliphatic carbocycles. The summed E-state index contributed by atoms with van der Waals surface area (Å²) in [6.45, 7) is 9.93. The number of guanidine groups is 1. The highest BCUT2D eigenvalue weighted by Gasteiger charge is 2.13. The Balaban J connectivity index is 1.51. The van der Waals surface area contributed by atoms with Crippen LogP contribution in [0.3, 0.4) is 0 Å². The molecule has 1 aliphatic heterocycles. The number of piperazine rings is 1. The second kappa shape index (κ2) is 10.2. The lowest BCUT2D eigenvalue weighted by molar-refractivity contribution is 0.148. The van der Waals surface area contributed by atoms with Gasteiger partial charge in [0.2, 0.25) is 0 Å². The minimum Gasteiger partial charge on any atom is -0.357 e. The summed E-state index contributed by atoms with van der Waals surface area (Å²) in [6, 6.07) is 10.9. The number of aliphatic imine (C=N–C) groups is 1. The van der Waals surface area contributed by atoms with Gasteiger partial charge in [0.05, 0.1) is 18.8 Å². The van der Waals surface area contributed by atoms with Gasteiger partial charge in [-0.1, -0.05) is 24.3 Å². The van der Waals surface area contributed by atoms with Gasteiger partial charge in [-0.3, -0.25) is 9.58 Å². The van der Waals surface area contributed by atoms with Crippen molar-refractivity contribution in [1.82, 2.24) is 30.2 Å². The number of rotatable bonds is 7. The van der Waals surface area contributed by atoms with Crippen LogP contribution in [0.5, 0.6) is 0 Å². The smallest absolute Gasteiger partial charge is 0.191 e. The minimum atomic E-state index is 0.662. The van der Waals surface area contributed by atoms with E-state index in [1.165, 1.54) is 11.1 Å². The molecule has 1 saturated heterocycles. The normalized spacial score (nSPS) is 16.3. The number of hydrogen-bond acceptors (Lipinski definition) is 4. The van der Waals surface area contributed by atoms with Crippen molar-refractivity contribution < 1.29 is 0 Å². The number of benzene rings is 1. The molecule has 2 heterocycles. The van der Waals surface area contributed by atoms with Crippen molar-refractivity contribution in [3.05, 3.63) is 53.3 Å². The second-order valence-corrected chi connectivity index (χ2v) is 7.39. The summed E-state index contributed by atoms with van der Waals surface area (Å²) in [5.74, 6) is 0.824. The van der Waals surface area contributed by atoms with Gasteiger partial charge in [-0.15, -0.1) is 0 Å². The minimum absolute atomic E-state index is 0.662. The fourth-order valence-electron chi connectivity index (χ4n) is 3.28. The molecule has 0 spiro atoms. The molecule has 0 unspecified atom stereocenters. The molecule has 152 valence electrons. The van der Waals surface area contributed by atoms with E-state index in [4.69, 9.17) is 4.99 Å². The Labute approximate surface area is 168 Å². The van der Waals surface area contributed by atoms with Crippen LogP contribution >= 0.6 is 0 Å². The molecule has 2 N–H and O–H groups in total. The number of aryl methyl sites for hydroxylation is 1. The van der Waals surface area contributed by atoms with E-state index in [-0.39, 0.29) is 0 Å². The van der Waals surface area contributed by atoms with E-state index in [0.29, 0.717) is 13.1 Å². The quantitative estimate of drug-likeness (QED) is 0.559. The zero-order valence-corrected chi connectivity index (χ0v) is 17.4. The number of nitrogens with one attached hydrogen (secondary N) is 2. The first-order valence-corrected chi connectivity index (χ1v) is 10.1.